The van der Waals surface area contributed by atoms with Crippen molar-refractivity contribution in [3.63, 3.8) is 0 Å². The summed E-state index contributed by atoms with van der Waals surface area (Å²) in [5, 5.41) is 3.72. The van der Waals surface area contributed by atoms with Crippen LogP contribution in [0, 0.1) is 5.92 Å². The topological polar surface area (TPSA) is 21.3 Å². The molecule has 2 rings (SSSR count). The van der Waals surface area contributed by atoms with Crippen molar-refractivity contribution in [2.75, 3.05) is 19.8 Å². The second-order valence-electron chi connectivity index (χ2n) is 5.54. The van der Waals surface area contributed by atoms with E-state index in [0.717, 1.165) is 32.1 Å². The lowest BCUT2D eigenvalue weighted by Crippen LogP contribution is -2.33. The largest absolute Gasteiger partial charge is 0.381 e. The highest BCUT2D eigenvalue weighted by Gasteiger charge is 2.21. The van der Waals surface area contributed by atoms with Crippen molar-refractivity contribution < 1.29 is 4.74 Å². The second kappa shape index (κ2) is 8.03. The van der Waals surface area contributed by atoms with Crippen LogP contribution in [0.25, 0.3) is 0 Å². The lowest BCUT2D eigenvalue weighted by atomic mass is 9.96. The minimum Gasteiger partial charge on any atom is -0.381 e. The predicted molar refractivity (Wildman–Crippen MR) is 83.0 cm³/mol. The molecular weight excluding hydrogens is 254 g/mol. The molecular formula is C16H27NOS. The molecule has 1 saturated heterocycles. The van der Waals surface area contributed by atoms with Gasteiger partial charge in [-0.25, -0.2) is 0 Å². The number of thiophene rings is 1. The molecule has 1 aromatic heterocycles. The summed E-state index contributed by atoms with van der Waals surface area (Å²) in [6.07, 6.45) is 6.06. The van der Waals surface area contributed by atoms with Gasteiger partial charge in [-0.2, -0.15) is 0 Å². The summed E-state index contributed by atoms with van der Waals surface area (Å²) in [5.41, 5.74) is 0. The van der Waals surface area contributed by atoms with E-state index in [1.165, 1.54) is 35.4 Å². The van der Waals surface area contributed by atoms with Gasteiger partial charge in [-0.15, -0.1) is 11.3 Å². The molecule has 0 amide bonds. The summed E-state index contributed by atoms with van der Waals surface area (Å²) in [4.78, 5) is 3.04. The fourth-order valence-corrected chi connectivity index (χ4v) is 3.76. The van der Waals surface area contributed by atoms with E-state index in [9.17, 15) is 0 Å². The molecule has 19 heavy (non-hydrogen) atoms. The van der Waals surface area contributed by atoms with E-state index in [1.54, 1.807) is 0 Å². The molecule has 0 radical (unpaired) electrons. The third-order valence-corrected chi connectivity index (χ3v) is 5.09. The second-order valence-corrected chi connectivity index (χ2v) is 6.79. The Balaban J connectivity index is 1.87. The van der Waals surface area contributed by atoms with E-state index in [4.69, 9.17) is 4.74 Å². The highest BCUT2D eigenvalue weighted by Crippen LogP contribution is 2.23. The molecule has 1 fully saturated rings. The van der Waals surface area contributed by atoms with Crippen LogP contribution in [0.2, 0.25) is 0 Å². The predicted octanol–water partition coefficient (Wildman–Crippen LogP) is 3.65. The maximum atomic E-state index is 5.51. The Labute approximate surface area is 121 Å². The number of hydrogen-bond donors (Lipinski definition) is 1. The molecule has 1 aliphatic heterocycles. The minimum atomic E-state index is 0.620. The number of hydrogen-bond acceptors (Lipinski definition) is 3. The van der Waals surface area contributed by atoms with Gasteiger partial charge in [-0.05, 0) is 56.7 Å². The summed E-state index contributed by atoms with van der Waals surface area (Å²) < 4.78 is 5.51. The minimum absolute atomic E-state index is 0.620. The SMILES string of the molecule is CCCNC(Cc1ccc(CC)s1)CC1CCOC1. The van der Waals surface area contributed by atoms with Gasteiger partial charge < -0.3 is 10.1 Å². The molecule has 1 aromatic rings. The van der Waals surface area contributed by atoms with E-state index in [-0.39, 0.29) is 0 Å². The highest BCUT2D eigenvalue weighted by atomic mass is 32.1. The molecule has 2 nitrogen and oxygen atoms in total. The quantitative estimate of drug-likeness (QED) is 0.785. The number of rotatable bonds is 8. The molecule has 0 spiro atoms. The summed E-state index contributed by atoms with van der Waals surface area (Å²) in [7, 11) is 0. The average molecular weight is 281 g/mol. The summed E-state index contributed by atoms with van der Waals surface area (Å²) in [5.74, 6) is 0.764. The van der Waals surface area contributed by atoms with Crippen LogP contribution in [0.15, 0.2) is 12.1 Å². The molecule has 1 N–H and O–H groups in total. The van der Waals surface area contributed by atoms with Crippen molar-refractivity contribution in [3.8, 4) is 0 Å². The first kappa shape index (κ1) is 15.0. The first-order valence-electron chi connectivity index (χ1n) is 7.70. The van der Waals surface area contributed by atoms with Gasteiger partial charge in [0.15, 0.2) is 0 Å². The van der Waals surface area contributed by atoms with Crippen LogP contribution in [0.1, 0.15) is 42.9 Å². The van der Waals surface area contributed by atoms with E-state index in [2.05, 4.69) is 31.3 Å². The summed E-state index contributed by atoms with van der Waals surface area (Å²) >= 11 is 1.98. The van der Waals surface area contributed by atoms with E-state index in [0.29, 0.717) is 6.04 Å². The Hall–Kier alpha value is -0.380. The summed E-state index contributed by atoms with van der Waals surface area (Å²) in [6.45, 7) is 7.53. The average Bonchev–Trinajstić information content (AvgIpc) is 3.07. The van der Waals surface area contributed by atoms with Crippen molar-refractivity contribution in [1.29, 1.82) is 0 Å². The zero-order valence-corrected chi connectivity index (χ0v) is 13.1. The van der Waals surface area contributed by atoms with Crippen molar-refractivity contribution in [3.05, 3.63) is 21.9 Å². The van der Waals surface area contributed by atoms with Gasteiger partial charge in [0, 0.05) is 29.0 Å². The Morgan fingerprint density at radius 2 is 2.21 bits per heavy atom. The molecule has 0 bridgehead atoms. The maximum absolute atomic E-state index is 5.51. The van der Waals surface area contributed by atoms with Crippen molar-refractivity contribution >= 4 is 11.3 Å². The Kier molecular flexibility index (Phi) is 6.35. The lowest BCUT2D eigenvalue weighted by Gasteiger charge is -2.20. The molecule has 2 heterocycles. The maximum Gasteiger partial charge on any atom is 0.0495 e. The molecule has 0 aliphatic carbocycles. The molecule has 3 heteroatoms. The van der Waals surface area contributed by atoms with Crippen molar-refractivity contribution in [2.24, 2.45) is 5.92 Å². The molecule has 2 atom stereocenters. The number of nitrogens with one attached hydrogen (secondary N) is 1. The lowest BCUT2D eigenvalue weighted by molar-refractivity contribution is 0.181. The monoisotopic (exact) mass is 281 g/mol. The fourth-order valence-electron chi connectivity index (χ4n) is 2.72. The van der Waals surface area contributed by atoms with Crippen LogP contribution in [0.5, 0.6) is 0 Å². The molecule has 108 valence electrons. The number of aryl methyl sites for hydroxylation is 1. The van der Waals surface area contributed by atoms with Crippen molar-refractivity contribution in [1.82, 2.24) is 5.32 Å². The highest BCUT2D eigenvalue weighted by molar-refractivity contribution is 7.11. The molecule has 0 saturated carbocycles. The van der Waals surface area contributed by atoms with Crippen LogP contribution in [0.4, 0.5) is 0 Å². The first-order chi connectivity index (χ1) is 9.31. The normalized spacial score (nSPS) is 20.8. The van der Waals surface area contributed by atoms with Gasteiger partial charge in [0.2, 0.25) is 0 Å². The van der Waals surface area contributed by atoms with Gasteiger partial charge in [-0.3, -0.25) is 0 Å². The fraction of sp³-hybridized carbons (Fsp3) is 0.750. The van der Waals surface area contributed by atoms with Crippen LogP contribution in [0.3, 0.4) is 0 Å². The zero-order chi connectivity index (χ0) is 13.5. The van der Waals surface area contributed by atoms with Crippen LogP contribution in [-0.4, -0.2) is 25.8 Å². The standard InChI is InChI=1S/C16H27NOS/c1-3-8-17-14(10-13-7-9-18-12-13)11-16-6-5-15(4-2)19-16/h5-6,13-14,17H,3-4,7-12H2,1-2H3. The molecule has 1 aliphatic rings. The Morgan fingerprint density at radius 3 is 2.84 bits per heavy atom. The van der Waals surface area contributed by atoms with Crippen LogP contribution < -0.4 is 5.32 Å². The smallest absolute Gasteiger partial charge is 0.0495 e. The van der Waals surface area contributed by atoms with Gasteiger partial charge in [0.1, 0.15) is 0 Å². The van der Waals surface area contributed by atoms with E-state index >= 15 is 0 Å². The zero-order valence-electron chi connectivity index (χ0n) is 12.3. The first-order valence-corrected chi connectivity index (χ1v) is 8.52. The van der Waals surface area contributed by atoms with Gasteiger partial charge in [-0.1, -0.05) is 13.8 Å². The van der Waals surface area contributed by atoms with Gasteiger partial charge in [0.25, 0.3) is 0 Å². The third kappa shape index (κ3) is 4.90. The molecule has 2 unspecified atom stereocenters. The van der Waals surface area contributed by atoms with Crippen molar-refractivity contribution in [2.45, 2.75) is 52.0 Å². The third-order valence-electron chi connectivity index (χ3n) is 3.84. The van der Waals surface area contributed by atoms with Gasteiger partial charge >= 0.3 is 0 Å². The van der Waals surface area contributed by atoms with Gasteiger partial charge in [0.05, 0.1) is 0 Å². The summed E-state index contributed by atoms with van der Waals surface area (Å²) in [6, 6.07) is 5.22. The van der Waals surface area contributed by atoms with Crippen LogP contribution >= 0.6 is 11.3 Å². The Bertz CT molecular complexity index is 357. The van der Waals surface area contributed by atoms with E-state index < -0.39 is 0 Å². The number of ether oxygens (including phenoxy) is 1. The van der Waals surface area contributed by atoms with E-state index in [1.807, 2.05) is 11.3 Å². The molecule has 0 aromatic carbocycles. The van der Waals surface area contributed by atoms with Crippen LogP contribution in [-0.2, 0) is 17.6 Å². The Morgan fingerprint density at radius 1 is 1.37 bits per heavy atom.